The Balaban J connectivity index is 2.03. The highest BCUT2D eigenvalue weighted by atomic mass is 32.2. The molecule has 78 valence electrons. The Morgan fingerprint density at radius 2 is 2.00 bits per heavy atom. The van der Waals surface area contributed by atoms with Gasteiger partial charge in [0, 0.05) is 17.0 Å². The maximum Gasteiger partial charge on any atom is 0.0130 e. The molecule has 0 heterocycles. The zero-order valence-corrected chi connectivity index (χ0v) is 9.61. The van der Waals surface area contributed by atoms with E-state index in [0.29, 0.717) is 6.04 Å². The van der Waals surface area contributed by atoms with E-state index >= 15 is 0 Å². The predicted octanol–water partition coefficient (Wildman–Crippen LogP) is 3.18. The molecule has 1 atom stereocenters. The minimum absolute atomic E-state index is 0.442. The van der Waals surface area contributed by atoms with Gasteiger partial charge in [-0.3, -0.25) is 0 Å². The first-order chi connectivity index (χ1) is 6.33. The summed E-state index contributed by atoms with van der Waals surface area (Å²) in [6.45, 7) is 2.21. The Kier molecular flexibility index (Phi) is 5.88. The molecule has 1 unspecified atom stereocenters. The first kappa shape index (κ1) is 11.4. The van der Waals surface area contributed by atoms with Crippen molar-refractivity contribution in [2.75, 3.05) is 5.75 Å². The Morgan fingerprint density at radius 3 is 2.62 bits per heavy atom. The van der Waals surface area contributed by atoms with Gasteiger partial charge in [-0.05, 0) is 19.3 Å². The third-order valence-electron chi connectivity index (χ3n) is 2.76. The van der Waals surface area contributed by atoms with E-state index in [4.69, 9.17) is 5.73 Å². The van der Waals surface area contributed by atoms with Crippen LogP contribution in [-0.2, 0) is 0 Å². The van der Waals surface area contributed by atoms with Crippen LogP contribution in [0.5, 0.6) is 0 Å². The number of hydrogen-bond acceptors (Lipinski definition) is 2. The lowest BCUT2D eigenvalue weighted by Crippen LogP contribution is -2.24. The van der Waals surface area contributed by atoms with Crippen molar-refractivity contribution < 1.29 is 0 Å². The van der Waals surface area contributed by atoms with Crippen molar-refractivity contribution in [3.05, 3.63) is 0 Å². The van der Waals surface area contributed by atoms with Crippen LogP contribution in [0, 0.1) is 0 Å². The van der Waals surface area contributed by atoms with E-state index in [1.165, 1.54) is 50.7 Å². The molecule has 0 aliphatic heterocycles. The topological polar surface area (TPSA) is 26.0 Å². The average Bonchev–Trinajstić information content (AvgIpc) is 2.17. The highest BCUT2D eigenvalue weighted by Gasteiger charge is 2.14. The van der Waals surface area contributed by atoms with Gasteiger partial charge in [0.05, 0.1) is 0 Å². The smallest absolute Gasteiger partial charge is 0.0130 e. The fourth-order valence-corrected chi connectivity index (χ4v) is 3.30. The summed E-state index contributed by atoms with van der Waals surface area (Å²) in [5.74, 6) is 1.18. The lowest BCUT2D eigenvalue weighted by atomic mass is 10.0. The van der Waals surface area contributed by atoms with Crippen LogP contribution in [0.15, 0.2) is 0 Å². The highest BCUT2D eigenvalue weighted by molar-refractivity contribution is 7.99. The molecule has 0 aromatic rings. The standard InChI is InChI=1S/C11H23NS/c1-2-6-10(12)9-13-11-7-4-3-5-8-11/h10-11H,2-9,12H2,1H3. The van der Waals surface area contributed by atoms with E-state index in [1.54, 1.807) is 0 Å². The molecule has 0 saturated heterocycles. The van der Waals surface area contributed by atoms with Crippen LogP contribution in [0.3, 0.4) is 0 Å². The normalized spacial score (nSPS) is 21.7. The van der Waals surface area contributed by atoms with Crippen LogP contribution in [0.25, 0.3) is 0 Å². The van der Waals surface area contributed by atoms with Crippen molar-refractivity contribution in [2.45, 2.75) is 63.2 Å². The van der Waals surface area contributed by atoms with Gasteiger partial charge >= 0.3 is 0 Å². The Morgan fingerprint density at radius 1 is 1.31 bits per heavy atom. The van der Waals surface area contributed by atoms with Gasteiger partial charge in [0.15, 0.2) is 0 Å². The van der Waals surface area contributed by atoms with E-state index < -0.39 is 0 Å². The van der Waals surface area contributed by atoms with Crippen molar-refractivity contribution in [2.24, 2.45) is 5.73 Å². The van der Waals surface area contributed by atoms with Crippen LogP contribution in [0.1, 0.15) is 51.9 Å². The zero-order chi connectivity index (χ0) is 9.52. The van der Waals surface area contributed by atoms with Gasteiger partial charge in [-0.25, -0.2) is 0 Å². The third-order valence-corrected chi connectivity index (χ3v) is 4.32. The van der Waals surface area contributed by atoms with Crippen LogP contribution in [0.4, 0.5) is 0 Å². The SMILES string of the molecule is CCCC(N)CSC1CCCCC1. The molecular weight excluding hydrogens is 178 g/mol. The van der Waals surface area contributed by atoms with Gasteiger partial charge in [0.25, 0.3) is 0 Å². The first-order valence-electron chi connectivity index (χ1n) is 5.70. The Hall–Kier alpha value is 0.310. The zero-order valence-electron chi connectivity index (χ0n) is 8.80. The molecule has 1 rings (SSSR count). The molecule has 1 fully saturated rings. The fraction of sp³-hybridized carbons (Fsp3) is 1.00. The van der Waals surface area contributed by atoms with Gasteiger partial charge < -0.3 is 5.73 Å². The number of hydrogen-bond donors (Lipinski definition) is 1. The molecule has 0 radical (unpaired) electrons. The molecule has 1 saturated carbocycles. The molecule has 0 aromatic carbocycles. The van der Waals surface area contributed by atoms with Crippen molar-refractivity contribution in [1.82, 2.24) is 0 Å². The molecule has 1 nitrogen and oxygen atoms in total. The predicted molar refractivity (Wildman–Crippen MR) is 62.2 cm³/mol. The van der Waals surface area contributed by atoms with E-state index in [2.05, 4.69) is 18.7 Å². The second kappa shape index (κ2) is 6.72. The monoisotopic (exact) mass is 201 g/mol. The lowest BCUT2D eigenvalue weighted by Gasteiger charge is -2.22. The number of thioether (sulfide) groups is 1. The minimum Gasteiger partial charge on any atom is -0.327 e. The first-order valence-corrected chi connectivity index (χ1v) is 6.75. The molecule has 0 spiro atoms. The molecule has 2 N–H and O–H groups in total. The summed E-state index contributed by atoms with van der Waals surface area (Å²) in [4.78, 5) is 0. The number of nitrogens with two attached hydrogens (primary N) is 1. The van der Waals surface area contributed by atoms with Crippen LogP contribution in [0.2, 0.25) is 0 Å². The van der Waals surface area contributed by atoms with Gasteiger partial charge in [0.2, 0.25) is 0 Å². The summed E-state index contributed by atoms with van der Waals surface area (Å²) in [6, 6.07) is 0.442. The van der Waals surface area contributed by atoms with Crippen molar-refractivity contribution >= 4 is 11.8 Å². The van der Waals surface area contributed by atoms with Crippen molar-refractivity contribution in [3.8, 4) is 0 Å². The summed E-state index contributed by atoms with van der Waals surface area (Å²) in [6.07, 6.45) is 9.64. The van der Waals surface area contributed by atoms with E-state index in [1.807, 2.05) is 0 Å². The van der Waals surface area contributed by atoms with E-state index in [-0.39, 0.29) is 0 Å². The van der Waals surface area contributed by atoms with Gasteiger partial charge in [-0.15, -0.1) is 0 Å². The molecule has 13 heavy (non-hydrogen) atoms. The molecular formula is C11H23NS. The highest BCUT2D eigenvalue weighted by Crippen LogP contribution is 2.28. The van der Waals surface area contributed by atoms with E-state index in [9.17, 15) is 0 Å². The van der Waals surface area contributed by atoms with Gasteiger partial charge in [-0.1, -0.05) is 32.6 Å². The van der Waals surface area contributed by atoms with Gasteiger partial charge in [0.1, 0.15) is 0 Å². The molecule has 1 aliphatic carbocycles. The summed E-state index contributed by atoms with van der Waals surface area (Å²) in [7, 11) is 0. The Labute approximate surface area is 86.8 Å². The molecule has 0 amide bonds. The van der Waals surface area contributed by atoms with Crippen LogP contribution < -0.4 is 5.73 Å². The number of rotatable bonds is 5. The lowest BCUT2D eigenvalue weighted by molar-refractivity contribution is 0.515. The quantitative estimate of drug-likeness (QED) is 0.739. The van der Waals surface area contributed by atoms with Crippen LogP contribution >= 0.6 is 11.8 Å². The fourth-order valence-electron chi connectivity index (χ4n) is 1.95. The Bertz CT molecular complexity index is 121. The van der Waals surface area contributed by atoms with Gasteiger partial charge in [-0.2, -0.15) is 11.8 Å². The second-order valence-electron chi connectivity index (χ2n) is 4.14. The molecule has 2 heteroatoms. The molecule has 0 bridgehead atoms. The maximum absolute atomic E-state index is 5.98. The van der Waals surface area contributed by atoms with Crippen molar-refractivity contribution in [3.63, 3.8) is 0 Å². The average molecular weight is 201 g/mol. The summed E-state index contributed by atoms with van der Waals surface area (Å²) < 4.78 is 0. The molecule has 1 aliphatic rings. The summed E-state index contributed by atoms with van der Waals surface area (Å²) in [5.41, 5.74) is 5.98. The second-order valence-corrected chi connectivity index (χ2v) is 5.48. The summed E-state index contributed by atoms with van der Waals surface area (Å²) >= 11 is 2.12. The maximum atomic E-state index is 5.98. The van der Waals surface area contributed by atoms with E-state index in [0.717, 1.165) is 5.25 Å². The third kappa shape index (κ3) is 4.92. The summed E-state index contributed by atoms with van der Waals surface area (Å²) in [5, 5.41) is 0.927. The van der Waals surface area contributed by atoms with Crippen LogP contribution in [-0.4, -0.2) is 17.0 Å². The largest absolute Gasteiger partial charge is 0.327 e. The minimum atomic E-state index is 0.442. The molecule has 0 aromatic heterocycles. The van der Waals surface area contributed by atoms with Crippen molar-refractivity contribution in [1.29, 1.82) is 0 Å².